The zero-order chi connectivity index (χ0) is 15.5. The second-order valence-electron chi connectivity index (χ2n) is 7.38. The highest BCUT2D eigenvalue weighted by Crippen LogP contribution is 2.36. The summed E-state index contributed by atoms with van der Waals surface area (Å²) < 4.78 is 35.0. The molecule has 0 aromatic carbocycles. The van der Waals surface area contributed by atoms with E-state index in [9.17, 15) is 0 Å². The molecule has 0 saturated carbocycles. The number of ether oxygens (including phenoxy) is 6. The first-order valence-corrected chi connectivity index (χ1v) is 8.97. The summed E-state index contributed by atoms with van der Waals surface area (Å²) >= 11 is 0. The van der Waals surface area contributed by atoms with E-state index in [1.165, 1.54) is 0 Å². The fourth-order valence-corrected chi connectivity index (χ4v) is 3.90. The standard InChI is InChI=1S/C17H28O6/c1-5-18-6-2-13(1)15-20-9-17(10-21-15)11-22-16(23-12-17)14-3-7-19-8-4-14/h13-16H,1-12H2. The van der Waals surface area contributed by atoms with Gasteiger partial charge in [0.15, 0.2) is 12.6 Å². The molecule has 0 N–H and O–H groups in total. The Hall–Kier alpha value is -0.240. The lowest BCUT2D eigenvalue weighted by molar-refractivity contribution is -0.323. The van der Waals surface area contributed by atoms with Gasteiger partial charge in [0.2, 0.25) is 0 Å². The maximum Gasteiger partial charge on any atom is 0.160 e. The molecule has 1 spiro atoms. The Morgan fingerprint density at radius 3 is 1.22 bits per heavy atom. The van der Waals surface area contributed by atoms with Gasteiger partial charge in [-0.25, -0.2) is 0 Å². The van der Waals surface area contributed by atoms with Crippen LogP contribution in [0.4, 0.5) is 0 Å². The molecule has 6 nitrogen and oxygen atoms in total. The Labute approximate surface area is 137 Å². The van der Waals surface area contributed by atoms with E-state index in [1.807, 2.05) is 0 Å². The van der Waals surface area contributed by atoms with Crippen molar-refractivity contribution >= 4 is 0 Å². The molecular weight excluding hydrogens is 300 g/mol. The molecule has 0 amide bonds. The molecule has 0 aromatic heterocycles. The van der Waals surface area contributed by atoms with Crippen LogP contribution in [-0.4, -0.2) is 65.4 Å². The van der Waals surface area contributed by atoms with Gasteiger partial charge in [-0.1, -0.05) is 0 Å². The van der Waals surface area contributed by atoms with E-state index in [1.54, 1.807) is 0 Å². The Bertz CT molecular complexity index is 322. The lowest BCUT2D eigenvalue weighted by Crippen LogP contribution is -2.54. The highest BCUT2D eigenvalue weighted by Gasteiger charge is 2.44. The zero-order valence-corrected chi connectivity index (χ0v) is 13.7. The molecule has 6 heteroatoms. The zero-order valence-electron chi connectivity index (χ0n) is 13.7. The molecule has 0 unspecified atom stereocenters. The van der Waals surface area contributed by atoms with Crippen molar-refractivity contribution in [3.63, 3.8) is 0 Å². The Kier molecular flexibility index (Phi) is 5.18. The van der Waals surface area contributed by atoms with Crippen molar-refractivity contribution in [2.75, 3.05) is 52.9 Å². The normalized spacial score (nSPS) is 41.2. The van der Waals surface area contributed by atoms with Crippen molar-refractivity contribution in [2.45, 2.75) is 38.3 Å². The Balaban J connectivity index is 1.25. The van der Waals surface area contributed by atoms with Gasteiger partial charge < -0.3 is 28.4 Å². The van der Waals surface area contributed by atoms with Crippen LogP contribution in [0.25, 0.3) is 0 Å². The van der Waals surface area contributed by atoms with E-state index >= 15 is 0 Å². The number of rotatable bonds is 2. The first-order chi connectivity index (χ1) is 11.3. The summed E-state index contributed by atoms with van der Waals surface area (Å²) in [6, 6.07) is 0. The second-order valence-corrected chi connectivity index (χ2v) is 7.38. The van der Waals surface area contributed by atoms with Gasteiger partial charge in [-0.05, 0) is 25.7 Å². The Morgan fingerprint density at radius 2 is 0.870 bits per heavy atom. The van der Waals surface area contributed by atoms with Crippen LogP contribution >= 0.6 is 0 Å². The smallest absolute Gasteiger partial charge is 0.160 e. The molecule has 4 aliphatic heterocycles. The van der Waals surface area contributed by atoms with Gasteiger partial charge in [-0.3, -0.25) is 0 Å². The van der Waals surface area contributed by atoms with Gasteiger partial charge in [0.25, 0.3) is 0 Å². The van der Waals surface area contributed by atoms with Crippen LogP contribution in [0.5, 0.6) is 0 Å². The van der Waals surface area contributed by atoms with Gasteiger partial charge >= 0.3 is 0 Å². The fraction of sp³-hybridized carbons (Fsp3) is 1.00. The monoisotopic (exact) mass is 328 g/mol. The van der Waals surface area contributed by atoms with Crippen molar-refractivity contribution in [1.29, 1.82) is 0 Å². The maximum absolute atomic E-state index is 6.03. The van der Waals surface area contributed by atoms with E-state index in [0.717, 1.165) is 52.1 Å². The van der Waals surface area contributed by atoms with Crippen LogP contribution in [0.2, 0.25) is 0 Å². The third-order valence-electron chi connectivity index (χ3n) is 5.52. The average molecular weight is 328 g/mol. The van der Waals surface area contributed by atoms with E-state index < -0.39 is 0 Å². The largest absolute Gasteiger partial charge is 0.381 e. The minimum atomic E-state index is -0.136. The van der Waals surface area contributed by atoms with E-state index in [4.69, 9.17) is 28.4 Å². The van der Waals surface area contributed by atoms with Crippen LogP contribution in [0.3, 0.4) is 0 Å². The average Bonchev–Trinajstić information content (AvgIpc) is 2.65. The van der Waals surface area contributed by atoms with Crippen molar-refractivity contribution in [2.24, 2.45) is 17.3 Å². The van der Waals surface area contributed by atoms with Gasteiger partial charge in [0.1, 0.15) is 0 Å². The van der Waals surface area contributed by atoms with E-state index in [2.05, 4.69) is 0 Å². The molecule has 0 aromatic rings. The molecule has 4 heterocycles. The second kappa shape index (κ2) is 7.33. The van der Waals surface area contributed by atoms with Crippen LogP contribution in [0.15, 0.2) is 0 Å². The highest BCUT2D eigenvalue weighted by atomic mass is 16.7. The van der Waals surface area contributed by atoms with Crippen LogP contribution in [-0.2, 0) is 28.4 Å². The predicted octanol–water partition coefficient (Wildman–Crippen LogP) is 1.57. The summed E-state index contributed by atoms with van der Waals surface area (Å²) in [7, 11) is 0. The van der Waals surface area contributed by atoms with Gasteiger partial charge in [-0.2, -0.15) is 0 Å². The third kappa shape index (κ3) is 3.72. The molecule has 0 aliphatic carbocycles. The first kappa shape index (κ1) is 16.2. The summed E-state index contributed by atoms with van der Waals surface area (Å²) in [5, 5.41) is 0. The molecule has 0 bridgehead atoms. The van der Waals surface area contributed by atoms with Crippen LogP contribution in [0, 0.1) is 17.3 Å². The van der Waals surface area contributed by atoms with Crippen molar-refractivity contribution in [1.82, 2.24) is 0 Å². The first-order valence-electron chi connectivity index (χ1n) is 8.97. The number of hydrogen-bond acceptors (Lipinski definition) is 6. The van der Waals surface area contributed by atoms with Crippen LogP contribution < -0.4 is 0 Å². The fourth-order valence-electron chi connectivity index (χ4n) is 3.90. The predicted molar refractivity (Wildman–Crippen MR) is 80.9 cm³/mol. The molecule has 4 rings (SSSR count). The SMILES string of the molecule is C1CC(C2OCC3(CO2)COC(C2CCOCC2)OC3)CCO1. The van der Waals surface area contributed by atoms with Crippen molar-refractivity contribution in [3.05, 3.63) is 0 Å². The molecule has 0 radical (unpaired) electrons. The molecule has 4 fully saturated rings. The molecule has 4 saturated heterocycles. The highest BCUT2D eigenvalue weighted by molar-refractivity contribution is 4.86. The van der Waals surface area contributed by atoms with Crippen molar-refractivity contribution < 1.29 is 28.4 Å². The Morgan fingerprint density at radius 1 is 0.522 bits per heavy atom. The molecule has 4 aliphatic rings. The molecule has 132 valence electrons. The summed E-state index contributed by atoms with van der Waals surface area (Å²) in [5.41, 5.74) is -0.136. The topological polar surface area (TPSA) is 55.4 Å². The van der Waals surface area contributed by atoms with Crippen molar-refractivity contribution in [3.8, 4) is 0 Å². The summed E-state index contributed by atoms with van der Waals surface area (Å²) in [4.78, 5) is 0. The summed E-state index contributed by atoms with van der Waals surface area (Å²) in [6.45, 7) is 5.92. The quantitative estimate of drug-likeness (QED) is 0.767. The van der Waals surface area contributed by atoms with E-state index in [0.29, 0.717) is 38.3 Å². The molecular formula is C17H28O6. The number of hydrogen-bond donors (Lipinski definition) is 0. The van der Waals surface area contributed by atoms with E-state index in [-0.39, 0.29) is 18.0 Å². The minimum Gasteiger partial charge on any atom is -0.381 e. The molecule has 23 heavy (non-hydrogen) atoms. The van der Waals surface area contributed by atoms with Gasteiger partial charge in [0.05, 0.1) is 31.8 Å². The third-order valence-corrected chi connectivity index (χ3v) is 5.52. The lowest BCUT2D eigenvalue weighted by atomic mass is 9.88. The minimum absolute atomic E-state index is 0.0854. The van der Waals surface area contributed by atoms with Gasteiger partial charge in [0, 0.05) is 38.3 Å². The maximum atomic E-state index is 6.03. The summed E-state index contributed by atoms with van der Waals surface area (Å²) in [5.74, 6) is 0.919. The van der Waals surface area contributed by atoms with Gasteiger partial charge in [-0.15, -0.1) is 0 Å². The lowest BCUT2D eigenvalue weighted by Gasteiger charge is -2.46. The van der Waals surface area contributed by atoms with Crippen LogP contribution in [0.1, 0.15) is 25.7 Å². The molecule has 0 atom stereocenters. The summed E-state index contributed by atoms with van der Waals surface area (Å²) in [6.07, 6.45) is 3.93.